The first-order valence-electron chi connectivity index (χ1n) is 10.7. The molecule has 1 unspecified atom stereocenters. The van der Waals surface area contributed by atoms with E-state index in [9.17, 15) is 4.79 Å². The highest BCUT2D eigenvalue weighted by Crippen LogP contribution is 2.18. The summed E-state index contributed by atoms with van der Waals surface area (Å²) < 4.78 is 0. The van der Waals surface area contributed by atoms with Crippen molar-refractivity contribution in [2.45, 2.75) is 58.5 Å². The van der Waals surface area contributed by atoms with E-state index in [0.717, 1.165) is 37.1 Å². The van der Waals surface area contributed by atoms with Gasteiger partial charge in [-0.2, -0.15) is 0 Å². The molecule has 0 aliphatic carbocycles. The fourth-order valence-corrected chi connectivity index (χ4v) is 3.70. The molecule has 6 heteroatoms. The summed E-state index contributed by atoms with van der Waals surface area (Å²) in [7, 11) is 1.79. The molecule has 6 nitrogen and oxygen atoms in total. The lowest BCUT2D eigenvalue weighted by Gasteiger charge is -2.35. The maximum Gasteiger partial charge on any atom is 0.251 e. The van der Waals surface area contributed by atoms with Gasteiger partial charge in [0.05, 0.1) is 0 Å². The molecule has 0 spiro atoms. The average Bonchev–Trinajstić information content (AvgIpc) is 2.74. The Bertz CT molecular complexity index is 631. The number of carbonyl (C=O) groups excluding carboxylic acids is 1. The second-order valence-electron chi connectivity index (χ2n) is 7.40. The molecule has 3 N–H and O–H groups in total. The van der Waals surface area contributed by atoms with E-state index in [0.29, 0.717) is 18.7 Å². The summed E-state index contributed by atoms with van der Waals surface area (Å²) in [6, 6.07) is 8.47. The van der Waals surface area contributed by atoms with Gasteiger partial charge >= 0.3 is 0 Å². The average molecular weight is 388 g/mol. The Morgan fingerprint density at radius 1 is 1.18 bits per heavy atom. The fraction of sp³-hybridized carbons (Fsp3) is 0.636. The van der Waals surface area contributed by atoms with Crippen molar-refractivity contribution < 1.29 is 4.79 Å². The van der Waals surface area contributed by atoms with Gasteiger partial charge in [-0.1, -0.05) is 32.4 Å². The number of hydrogen-bond acceptors (Lipinski definition) is 3. The van der Waals surface area contributed by atoms with Crippen LogP contribution in [0, 0.1) is 0 Å². The van der Waals surface area contributed by atoms with Crippen LogP contribution in [0.3, 0.4) is 0 Å². The molecule has 1 aromatic carbocycles. The summed E-state index contributed by atoms with van der Waals surface area (Å²) in [6.45, 7) is 8.81. The standard InChI is InChI=1S/C22H37N5O/c1-4-12-24-21(28)19-10-8-9-18(16-19)17-26-22(23-3)25-13-15-27-14-7-6-11-20(27)5-2/h8-10,16,20H,4-7,11-15,17H2,1-3H3,(H,24,28)(H2,23,25,26). The van der Waals surface area contributed by atoms with E-state index < -0.39 is 0 Å². The fourth-order valence-electron chi connectivity index (χ4n) is 3.70. The summed E-state index contributed by atoms with van der Waals surface area (Å²) >= 11 is 0. The van der Waals surface area contributed by atoms with Crippen LogP contribution in [0.1, 0.15) is 61.9 Å². The normalized spacial score (nSPS) is 18.0. The second-order valence-corrected chi connectivity index (χ2v) is 7.40. The van der Waals surface area contributed by atoms with Gasteiger partial charge in [-0.3, -0.25) is 14.7 Å². The molecule has 28 heavy (non-hydrogen) atoms. The molecule has 1 atom stereocenters. The van der Waals surface area contributed by atoms with Gasteiger partial charge in [0.15, 0.2) is 5.96 Å². The van der Waals surface area contributed by atoms with E-state index >= 15 is 0 Å². The molecule has 0 saturated carbocycles. The first-order chi connectivity index (χ1) is 13.7. The van der Waals surface area contributed by atoms with Crippen LogP contribution in [0.2, 0.25) is 0 Å². The smallest absolute Gasteiger partial charge is 0.251 e. The highest BCUT2D eigenvalue weighted by molar-refractivity contribution is 5.94. The Hall–Kier alpha value is -2.08. The number of carbonyl (C=O) groups is 1. The number of aliphatic imine (C=N–C) groups is 1. The zero-order valence-corrected chi connectivity index (χ0v) is 17.8. The Balaban J connectivity index is 1.78. The maximum absolute atomic E-state index is 12.1. The van der Waals surface area contributed by atoms with E-state index in [1.54, 1.807) is 7.05 Å². The lowest BCUT2D eigenvalue weighted by molar-refractivity contribution is 0.0953. The van der Waals surface area contributed by atoms with E-state index in [-0.39, 0.29) is 5.91 Å². The molecular weight excluding hydrogens is 350 g/mol. The van der Waals surface area contributed by atoms with Crippen molar-refractivity contribution in [3.63, 3.8) is 0 Å². The summed E-state index contributed by atoms with van der Waals surface area (Å²) in [6.07, 6.45) is 6.17. The SMILES string of the molecule is CCCNC(=O)c1cccc(CNC(=NC)NCCN2CCCCC2CC)c1. The van der Waals surface area contributed by atoms with Crippen LogP contribution in [0.25, 0.3) is 0 Å². The van der Waals surface area contributed by atoms with Crippen LogP contribution in [0.15, 0.2) is 29.3 Å². The van der Waals surface area contributed by atoms with E-state index in [4.69, 9.17) is 0 Å². The number of rotatable bonds is 9. The second kappa shape index (κ2) is 12.4. The van der Waals surface area contributed by atoms with Crippen molar-refractivity contribution in [3.05, 3.63) is 35.4 Å². The van der Waals surface area contributed by atoms with E-state index in [1.807, 2.05) is 31.2 Å². The molecule has 1 fully saturated rings. The maximum atomic E-state index is 12.1. The minimum absolute atomic E-state index is 0.0155. The molecule has 1 amide bonds. The monoisotopic (exact) mass is 387 g/mol. The summed E-state index contributed by atoms with van der Waals surface area (Å²) in [5.41, 5.74) is 1.76. The lowest BCUT2D eigenvalue weighted by Crippen LogP contribution is -2.45. The Labute approximate surface area is 170 Å². The number of likely N-dealkylation sites (tertiary alicyclic amines) is 1. The van der Waals surface area contributed by atoms with Gasteiger partial charge < -0.3 is 16.0 Å². The minimum atomic E-state index is -0.0155. The van der Waals surface area contributed by atoms with Gasteiger partial charge in [0.2, 0.25) is 0 Å². The molecule has 156 valence electrons. The van der Waals surface area contributed by atoms with Crippen molar-refractivity contribution in [2.24, 2.45) is 4.99 Å². The third kappa shape index (κ3) is 7.15. The largest absolute Gasteiger partial charge is 0.355 e. The van der Waals surface area contributed by atoms with Crippen LogP contribution in [0.5, 0.6) is 0 Å². The third-order valence-electron chi connectivity index (χ3n) is 5.32. The summed E-state index contributed by atoms with van der Waals surface area (Å²) in [5.74, 6) is 0.782. The van der Waals surface area contributed by atoms with Crippen LogP contribution in [-0.2, 0) is 6.54 Å². The number of amides is 1. The lowest BCUT2D eigenvalue weighted by atomic mass is 10.0. The zero-order chi connectivity index (χ0) is 20.2. The molecule has 1 heterocycles. The van der Waals surface area contributed by atoms with Crippen molar-refractivity contribution in [3.8, 4) is 0 Å². The van der Waals surface area contributed by atoms with Crippen LogP contribution < -0.4 is 16.0 Å². The van der Waals surface area contributed by atoms with Crippen LogP contribution >= 0.6 is 0 Å². The minimum Gasteiger partial charge on any atom is -0.355 e. The number of benzene rings is 1. The highest BCUT2D eigenvalue weighted by atomic mass is 16.1. The van der Waals surface area contributed by atoms with E-state index in [2.05, 4.69) is 32.8 Å². The molecule has 1 aromatic rings. The topological polar surface area (TPSA) is 68.8 Å². The van der Waals surface area contributed by atoms with Crippen molar-refractivity contribution >= 4 is 11.9 Å². The number of piperidine rings is 1. The third-order valence-corrected chi connectivity index (χ3v) is 5.32. The Morgan fingerprint density at radius 2 is 2.04 bits per heavy atom. The van der Waals surface area contributed by atoms with E-state index in [1.165, 1.54) is 32.2 Å². The predicted octanol–water partition coefficient (Wildman–Crippen LogP) is 2.76. The quantitative estimate of drug-likeness (QED) is 0.450. The first-order valence-corrected chi connectivity index (χ1v) is 10.7. The molecular formula is C22H37N5O. The first kappa shape index (κ1) is 22.2. The van der Waals surface area contributed by atoms with Crippen LogP contribution in [-0.4, -0.2) is 56.0 Å². The molecule has 2 rings (SSSR count). The van der Waals surface area contributed by atoms with Crippen molar-refractivity contribution in [1.29, 1.82) is 0 Å². The van der Waals surface area contributed by atoms with Gasteiger partial charge in [0.1, 0.15) is 0 Å². The molecule has 1 saturated heterocycles. The molecule has 0 aromatic heterocycles. The number of guanidine groups is 1. The zero-order valence-electron chi connectivity index (χ0n) is 17.8. The van der Waals surface area contributed by atoms with Crippen molar-refractivity contribution in [2.75, 3.05) is 33.2 Å². The van der Waals surface area contributed by atoms with Gasteiger partial charge in [-0.15, -0.1) is 0 Å². The number of nitrogens with one attached hydrogen (secondary N) is 3. The molecule has 1 aliphatic rings. The summed E-state index contributed by atoms with van der Waals surface area (Å²) in [4.78, 5) is 19.0. The molecule has 0 bridgehead atoms. The number of nitrogens with zero attached hydrogens (tertiary/aromatic N) is 2. The van der Waals surface area contributed by atoms with Gasteiger partial charge in [0.25, 0.3) is 5.91 Å². The van der Waals surface area contributed by atoms with Gasteiger partial charge in [-0.25, -0.2) is 0 Å². The van der Waals surface area contributed by atoms with Gasteiger partial charge in [0, 0.05) is 44.8 Å². The molecule has 1 aliphatic heterocycles. The number of hydrogen-bond donors (Lipinski definition) is 3. The predicted molar refractivity (Wildman–Crippen MR) is 117 cm³/mol. The van der Waals surface area contributed by atoms with Gasteiger partial charge in [-0.05, 0) is 49.9 Å². The molecule has 0 radical (unpaired) electrons. The Kier molecular flexibility index (Phi) is 9.83. The van der Waals surface area contributed by atoms with Crippen molar-refractivity contribution in [1.82, 2.24) is 20.9 Å². The highest BCUT2D eigenvalue weighted by Gasteiger charge is 2.19. The van der Waals surface area contributed by atoms with Crippen LogP contribution in [0.4, 0.5) is 0 Å². The summed E-state index contributed by atoms with van der Waals surface area (Å²) in [5, 5.41) is 9.68. The Morgan fingerprint density at radius 3 is 2.79 bits per heavy atom.